The van der Waals surface area contributed by atoms with Crippen LogP contribution < -0.4 is 4.83 Å². The van der Waals surface area contributed by atoms with Gasteiger partial charge in [-0.1, -0.05) is 48.0 Å². The number of sulfonamides is 1. The first kappa shape index (κ1) is 16.7. The predicted octanol–water partition coefficient (Wildman–Crippen LogP) is 2.30. The van der Waals surface area contributed by atoms with E-state index in [0.717, 1.165) is 11.1 Å². The Morgan fingerprint density at radius 3 is 2.20 bits per heavy atom. The first-order chi connectivity index (χ1) is 9.08. The Kier molecular flexibility index (Phi) is 6.16. The second kappa shape index (κ2) is 7.40. The molecule has 0 saturated carbocycles. The van der Waals surface area contributed by atoms with Crippen LogP contribution in [0.15, 0.2) is 64.6 Å². The molecule has 109 valence electrons. The van der Waals surface area contributed by atoms with Gasteiger partial charge in [-0.3, -0.25) is 0 Å². The van der Waals surface area contributed by atoms with E-state index in [0.29, 0.717) is 0 Å². The van der Waals surface area contributed by atoms with Gasteiger partial charge in [-0.25, -0.2) is 4.83 Å². The minimum atomic E-state index is -3.60. The fourth-order valence-electron chi connectivity index (χ4n) is 1.48. The van der Waals surface area contributed by atoms with Crippen LogP contribution >= 0.6 is 0 Å². The average Bonchev–Trinajstić information content (AvgIpc) is 2.40. The van der Waals surface area contributed by atoms with Gasteiger partial charge >= 0.3 is 0 Å². The third kappa shape index (κ3) is 4.61. The van der Waals surface area contributed by atoms with Crippen molar-refractivity contribution in [2.24, 2.45) is 5.10 Å². The van der Waals surface area contributed by atoms with E-state index >= 15 is 0 Å². The van der Waals surface area contributed by atoms with Gasteiger partial charge in [0.05, 0.1) is 11.1 Å². The van der Waals surface area contributed by atoms with Crippen LogP contribution in [0.25, 0.3) is 0 Å². The number of nitrogens with zero attached hydrogens (tertiary/aromatic N) is 1. The Morgan fingerprint density at radius 1 is 1.00 bits per heavy atom. The molecule has 0 spiro atoms. The maximum Gasteiger partial charge on any atom is 0.276 e. The molecule has 6 heteroatoms. The Hall–Kier alpha value is -1.40. The molecule has 0 heterocycles. The molecule has 0 aliphatic carbocycles. The van der Waals surface area contributed by atoms with E-state index in [2.05, 4.69) is 9.93 Å². The average molecular weight is 382 g/mol. The van der Waals surface area contributed by atoms with Crippen LogP contribution in [-0.4, -0.2) is 14.6 Å². The summed E-state index contributed by atoms with van der Waals surface area (Å²) in [5.74, 6) is 0. The molecule has 20 heavy (non-hydrogen) atoms. The summed E-state index contributed by atoms with van der Waals surface area (Å²) in [7, 11) is -3.60. The SMILES string of the molecule is Cc1ccc(S(=O)(=O)N/N=C/c2ccccc2)cc1.[Ag]. The number of hydrogen-bond acceptors (Lipinski definition) is 3. The fraction of sp³-hybridized carbons (Fsp3) is 0.0714. The fourth-order valence-corrected chi connectivity index (χ4v) is 2.27. The van der Waals surface area contributed by atoms with Gasteiger partial charge in [0, 0.05) is 22.4 Å². The van der Waals surface area contributed by atoms with Gasteiger partial charge in [0.25, 0.3) is 10.0 Å². The summed E-state index contributed by atoms with van der Waals surface area (Å²) >= 11 is 0. The maximum absolute atomic E-state index is 11.9. The van der Waals surface area contributed by atoms with Crippen LogP contribution in [0.4, 0.5) is 0 Å². The number of nitrogens with one attached hydrogen (secondary N) is 1. The summed E-state index contributed by atoms with van der Waals surface area (Å²) in [6.07, 6.45) is 1.46. The molecule has 1 radical (unpaired) electrons. The van der Waals surface area contributed by atoms with Crippen molar-refractivity contribution in [3.8, 4) is 0 Å². The standard InChI is InChI=1S/C14H14N2O2S.Ag/c1-12-7-9-14(10-8-12)19(17,18)16-15-11-13-5-3-2-4-6-13;/h2-11,16H,1H3;/b15-11+;. The van der Waals surface area contributed by atoms with Gasteiger partial charge in [0.1, 0.15) is 0 Å². The minimum Gasteiger partial charge on any atom is -0.200 e. The number of hydrazone groups is 1. The van der Waals surface area contributed by atoms with E-state index in [-0.39, 0.29) is 27.3 Å². The van der Waals surface area contributed by atoms with Gasteiger partial charge in [0.2, 0.25) is 0 Å². The molecule has 0 saturated heterocycles. The van der Waals surface area contributed by atoms with Crippen LogP contribution in [0.1, 0.15) is 11.1 Å². The molecule has 1 N–H and O–H groups in total. The molecule has 2 aromatic carbocycles. The van der Waals surface area contributed by atoms with Crippen molar-refractivity contribution in [3.63, 3.8) is 0 Å². The Morgan fingerprint density at radius 2 is 1.60 bits per heavy atom. The van der Waals surface area contributed by atoms with Crippen molar-refractivity contribution in [2.75, 3.05) is 0 Å². The van der Waals surface area contributed by atoms with Crippen LogP contribution in [0.5, 0.6) is 0 Å². The smallest absolute Gasteiger partial charge is 0.200 e. The molecule has 2 rings (SSSR count). The quantitative estimate of drug-likeness (QED) is 0.501. The first-order valence-corrected chi connectivity index (χ1v) is 7.23. The zero-order valence-electron chi connectivity index (χ0n) is 10.7. The predicted molar refractivity (Wildman–Crippen MR) is 75.5 cm³/mol. The molecule has 0 fully saturated rings. The number of aryl methyl sites for hydroxylation is 1. The van der Waals surface area contributed by atoms with Crippen molar-refractivity contribution in [3.05, 3.63) is 65.7 Å². The normalized spacial score (nSPS) is 11.1. The summed E-state index contributed by atoms with van der Waals surface area (Å²) in [6.45, 7) is 1.90. The molecule has 0 atom stereocenters. The zero-order valence-corrected chi connectivity index (χ0v) is 13.0. The van der Waals surface area contributed by atoms with E-state index < -0.39 is 10.0 Å². The summed E-state index contributed by atoms with van der Waals surface area (Å²) < 4.78 is 23.8. The molecule has 0 unspecified atom stereocenters. The largest absolute Gasteiger partial charge is 0.276 e. The molecule has 0 aliphatic rings. The van der Waals surface area contributed by atoms with Crippen LogP contribution in [0.2, 0.25) is 0 Å². The van der Waals surface area contributed by atoms with Gasteiger partial charge in [-0.15, -0.1) is 0 Å². The van der Waals surface area contributed by atoms with Crippen molar-refractivity contribution >= 4 is 16.2 Å². The number of benzene rings is 2. The van der Waals surface area contributed by atoms with Gasteiger partial charge in [-0.05, 0) is 24.6 Å². The Balaban J connectivity index is 0.00000200. The van der Waals surface area contributed by atoms with E-state index in [1.807, 2.05) is 37.3 Å². The molecular weight excluding hydrogens is 368 g/mol. The molecule has 0 amide bonds. The summed E-state index contributed by atoms with van der Waals surface area (Å²) in [4.78, 5) is 2.38. The second-order valence-electron chi connectivity index (χ2n) is 4.08. The van der Waals surface area contributed by atoms with Crippen molar-refractivity contribution in [1.29, 1.82) is 0 Å². The monoisotopic (exact) mass is 381 g/mol. The molecule has 0 bridgehead atoms. The van der Waals surface area contributed by atoms with E-state index in [9.17, 15) is 8.42 Å². The van der Waals surface area contributed by atoms with E-state index in [4.69, 9.17) is 0 Å². The van der Waals surface area contributed by atoms with E-state index in [1.54, 1.807) is 24.3 Å². The van der Waals surface area contributed by atoms with Gasteiger partial charge in [-0.2, -0.15) is 13.5 Å². The van der Waals surface area contributed by atoms with Crippen molar-refractivity contribution < 1.29 is 30.8 Å². The summed E-state index contributed by atoms with van der Waals surface area (Å²) in [5.41, 5.74) is 1.83. The topological polar surface area (TPSA) is 58.5 Å². The zero-order chi connectivity index (χ0) is 13.7. The molecule has 0 aliphatic heterocycles. The van der Waals surface area contributed by atoms with Crippen LogP contribution in [-0.2, 0) is 32.4 Å². The first-order valence-electron chi connectivity index (χ1n) is 5.74. The minimum absolute atomic E-state index is 0. The third-order valence-corrected chi connectivity index (χ3v) is 3.76. The Labute approximate surface area is 134 Å². The molecule has 2 aromatic rings. The second-order valence-corrected chi connectivity index (χ2v) is 5.74. The number of rotatable bonds is 4. The van der Waals surface area contributed by atoms with Crippen molar-refractivity contribution in [1.82, 2.24) is 4.83 Å². The van der Waals surface area contributed by atoms with Crippen LogP contribution in [0, 0.1) is 6.92 Å². The Bertz CT molecular complexity index is 668. The van der Waals surface area contributed by atoms with Crippen LogP contribution in [0.3, 0.4) is 0 Å². The van der Waals surface area contributed by atoms with Gasteiger partial charge in [0.15, 0.2) is 0 Å². The third-order valence-electron chi connectivity index (χ3n) is 2.52. The number of hydrogen-bond donors (Lipinski definition) is 1. The van der Waals surface area contributed by atoms with E-state index in [1.165, 1.54) is 6.21 Å². The molecule has 0 aromatic heterocycles. The molecule has 4 nitrogen and oxygen atoms in total. The van der Waals surface area contributed by atoms with Crippen molar-refractivity contribution in [2.45, 2.75) is 11.8 Å². The summed E-state index contributed by atoms with van der Waals surface area (Å²) in [6, 6.07) is 15.9. The summed E-state index contributed by atoms with van der Waals surface area (Å²) in [5, 5.41) is 3.75. The van der Waals surface area contributed by atoms with Gasteiger partial charge < -0.3 is 0 Å². The molecular formula is C14H14AgN2O2S. The maximum atomic E-state index is 11.9.